The second-order valence-electron chi connectivity index (χ2n) is 6.17. The molecule has 0 aliphatic carbocycles. The van der Waals surface area contributed by atoms with Crippen LogP contribution in [0.25, 0.3) is 0 Å². The van der Waals surface area contributed by atoms with Gasteiger partial charge in [0, 0.05) is 37.9 Å². The highest BCUT2D eigenvalue weighted by molar-refractivity contribution is 5.89. The lowest BCUT2D eigenvalue weighted by Gasteiger charge is -2.19. The number of nitrogens with zero attached hydrogens (tertiary/aromatic N) is 2. The summed E-state index contributed by atoms with van der Waals surface area (Å²) in [5.41, 5.74) is 2.61. The van der Waals surface area contributed by atoms with Gasteiger partial charge in [-0.2, -0.15) is 0 Å². The molecule has 0 spiro atoms. The van der Waals surface area contributed by atoms with E-state index in [1.807, 2.05) is 24.3 Å². The molecule has 1 aromatic carbocycles. The molecule has 1 amide bonds. The molecule has 0 radical (unpaired) electrons. The first-order valence-corrected chi connectivity index (χ1v) is 8.75. The van der Waals surface area contributed by atoms with Gasteiger partial charge in [-0.25, -0.2) is 4.79 Å². The van der Waals surface area contributed by atoms with E-state index in [1.54, 1.807) is 36.9 Å². The Hall–Kier alpha value is -3.58. The number of hydrogen-bond donors (Lipinski definition) is 3. The van der Waals surface area contributed by atoms with Gasteiger partial charge in [-0.1, -0.05) is 12.1 Å². The molecule has 2 heterocycles. The molecule has 0 aliphatic rings. The van der Waals surface area contributed by atoms with Crippen molar-refractivity contribution in [3.8, 4) is 0 Å². The second-order valence-corrected chi connectivity index (χ2v) is 6.17. The molecule has 0 saturated carbocycles. The van der Waals surface area contributed by atoms with E-state index in [0.29, 0.717) is 18.7 Å². The fraction of sp³-hybridized carbons (Fsp3) is 0.143. The largest absolute Gasteiger partial charge is 0.478 e. The fourth-order valence-corrected chi connectivity index (χ4v) is 2.73. The monoisotopic (exact) mass is 376 g/mol. The number of amides is 1. The van der Waals surface area contributed by atoms with Crippen molar-refractivity contribution in [1.29, 1.82) is 0 Å². The number of benzene rings is 1. The zero-order valence-corrected chi connectivity index (χ0v) is 15.1. The minimum atomic E-state index is -1.04. The summed E-state index contributed by atoms with van der Waals surface area (Å²) < 4.78 is 0. The summed E-state index contributed by atoms with van der Waals surface area (Å²) in [4.78, 5) is 32.1. The van der Waals surface area contributed by atoms with Crippen molar-refractivity contribution in [3.63, 3.8) is 0 Å². The van der Waals surface area contributed by atoms with Gasteiger partial charge in [0.05, 0.1) is 5.56 Å². The van der Waals surface area contributed by atoms with Gasteiger partial charge in [-0.05, 0) is 53.1 Å². The van der Waals surface area contributed by atoms with E-state index in [1.165, 1.54) is 12.1 Å². The van der Waals surface area contributed by atoms with Crippen molar-refractivity contribution >= 4 is 11.9 Å². The molecule has 0 fully saturated rings. The van der Waals surface area contributed by atoms with Gasteiger partial charge in [-0.15, -0.1) is 0 Å². The number of pyridine rings is 2. The normalized spacial score (nSPS) is 11.6. The van der Waals surface area contributed by atoms with Crippen molar-refractivity contribution in [2.45, 2.75) is 19.1 Å². The van der Waals surface area contributed by atoms with Crippen molar-refractivity contribution in [1.82, 2.24) is 20.6 Å². The molecule has 28 heavy (non-hydrogen) atoms. The highest BCUT2D eigenvalue weighted by Gasteiger charge is 2.21. The highest BCUT2D eigenvalue weighted by atomic mass is 16.4. The Balaban J connectivity index is 1.77. The quantitative estimate of drug-likeness (QED) is 0.557. The Bertz CT molecular complexity index is 933. The number of rotatable bonds is 8. The number of carbonyl (C=O) groups is 2. The molecule has 3 aromatic rings. The Labute approximate surface area is 162 Å². The van der Waals surface area contributed by atoms with Gasteiger partial charge in [0.15, 0.2) is 0 Å². The van der Waals surface area contributed by atoms with E-state index in [4.69, 9.17) is 0 Å². The van der Waals surface area contributed by atoms with Gasteiger partial charge in [-0.3, -0.25) is 20.1 Å². The molecule has 0 saturated heterocycles. The molecular formula is C21H20N4O3. The van der Waals surface area contributed by atoms with Crippen LogP contribution >= 0.6 is 0 Å². The molecule has 3 rings (SSSR count). The Morgan fingerprint density at radius 1 is 0.893 bits per heavy atom. The zero-order valence-electron chi connectivity index (χ0n) is 15.1. The van der Waals surface area contributed by atoms with Crippen LogP contribution in [0.2, 0.25) is 0 Å². The maximum atomic E-state index is 12.9. The van der Waals surface area contributed by atoms with Gasteiger partial charge < -0.3 is 10.4 Å². The summed E-state index contributed by atoms with van der Waals surface area (Å²) in [7, 11) is 0. The van der Waals surface area contributed by atoms with Crippen LogP contribution in [0.4, 0.5) is 0 Å². The summed E-state index contributed by atoms with van der Waals surface area (Å²) in [5, 5.41) is 15.4. The number of hydrogen-bond acceptors (Lipinski definition) is 5. The van der Waals surface area contributed by atoms with E-state index >= 15 is 0 Å². The van der Waals surface area contributed by atoms with Crippen molar-refractivity contribution < 1.29 is 14.7 Å². The Morgan fingerprint density at radius 3 is 2.11 bits per heavy atom. The summed E-state index contributed by atoms with van der Waals surface area (Å²) in [6.45, 7) is 0.792. The van der Waals surface area contributed by atoms with Crippen LogP contribution in [0.5, 0.6) is 0 Å². The molecule has 3 N–H and O–H groups in total. The lowest BCUT2D eigenvalue weighted by molar-refractivity contribution is -0.123. The second kappa shape index (κ2) is 9.38. The lowest BCUT2D eigenvalue weighted by atomic mass is 10.0. The Morgan fingerprint density at radius 2 is 1.50 bits per heavy atom. The number of nitrogens with one attached hydrogen (secondary N) is 2. The van der Waals surface area contributed by atoms with Gasteiger partial charge in [0.25, 0.3) is 0 Å². The third-order valence-corrected chi connectivity index (χ3v) is 4.20. The van der Waals surface area contributed by atoms with Gasteiger partial charge in [0.2, 0.25) is 5.91 Å². The number of carboxylic acid groups (broad SMARTS) is 1. The molecule has 2 aromatic heterocycles. The lowest BCUT2D eigenvalue weighted by Crippen LogP contribution is -2.37. The van der Waals surface area contributed by atoms with Crippen LogP contribution in [0.3, 0.4) is 0 Å². The number of carboxylic acids is 1. The van der Waals surface area contributed by atoms with Crippen LogP contribution in [0.1, 0.15) is 33.1 Å². The van der Waals surface area contributed by atoms with Crippen LogP contribution in [-0.4, -0.2) is 27.0 Å². The Kier molecular flexibility index (Phi) is 6.43. The zero-order chi connectivity index (χ0) is 19.8. The minimum absolute atomic E-state index is 0.134. The first-order chi connectivity index (χ1) is 13.6. The number of aromatic carboxylic acids is 1. The topological polar surface area (TPSA) is 104 Å². The maximum absolute atomic E-state index is 12.9. The minimum Gasteiger partial charge on any atom is -0.478 e. The predicted octanol–water partition coefficient (Wildman–Crippen LogP) is 2.32. The van der Waals surface area contributed by atoms with Crippen LogP contribution in [-0.2, 0) is 17.9 Å². The SMILES string of the molecule is O=C(O)c1cccc(C(NCc2ccncc2)C(=O)NCc2ccncc2)c1. The van der Waals surface area contributed by atoms with Crippen LogP contribution in [0.15, 0.2) is 73.3 Å². The first kappa shape index (κ1) is 19.2. The fourth-order valence-electron chi connectivity index (χ4n) is 2.73. The average molecular weight is 376 g/mol. The van der Waals surface area contributed by atoms with Gasteiger partial charge >= 0.3 is 5.97 Å². The summed E-state index contributed by atoms with van der Waals surface area (Å²) in [6, 6.07) is 13.0. The number of aromatic nitrogens is 2. The van der Waals surface area contributed by atoms with E-state index in [-0.39, 0.29) is 11.5 Å². The molecule has 142 valence electrons. The molecular weight excluding hydrogens is 356 g/mol. The molecule has 7 nitrogen and oxygen atoms in total. The van der Waals surface area contributed by atoms with Crippen LogP contribution in [0, 0.1) is 0 Å². The van der Waals surface area contributed by atoms with E-state index < -0.39 is 12.0 Å². The summed E-state index contributed by atoms with van der Waals surface area (Å²) >= 11 is 0. The van der Waals surface area contributed by atoms with Gasteiger partial charge in [0.1, 0.15) is 6.04 Å². The molecule has 0 aliphatic heterocycles. The molecule has 7 heteroatoms. The standard InChI is InChI=1S/C21H20N4O3/c26-20(25-14-16-6-10-23-11-7-16)19(24-13-15-4-8-22-9-5-15)17-2-1-3-18(12-17)21(27)28/h1-12,19,24H,13-14H2,(H,25,26)(H,27,28). The summed E-state index contributed by atoms with van der Waals surface area (Å²) in [6.07, 6.45) is 6.69. The van der Waals surface area contributed by atoms with Crippen molar-refractivity contribution in [3.05, 3.63) is 95.6 Å². The number of carbonyl (C=O) groups excluding carboxylic acids is 1. The van der Waals surface area contributed by atoms with E-state index in [9.17, 15) is 14.7 Å². The highest BCUT2D eigenvalue weighted by Crippen LogP contribution is 2.17. The van der Waals surface area contributed by atoms with Crippen molar-refractivity contribution in [2.24, 2.45) is 0 Å². The first-order valence-electron chi connectivity index (χ1n) is 8.75. The molecule has 1 unspecified atom stereocenters. The summed E-state index contributed by atoms with van der Waals surface area (Å²) in [5.74, 6) is -1.28. The maximum Gasteiger partial charge on any atom is 0.335 e. The smallest absolute Gasteiger partial charge is 0.335 e. The molecule has 1 atom stereocenters. The average Bonchev–Trinajstić information content (AvgIpc) is 2.74. The van der Waals surface area contributed by atoms with E-state index in [2.05, 4.69) is 20.6 Å². The van der Waals surface area contributed by atoms with Crippen LogP contribution < -0.4 is 10.6 Å². The van der Waals surface area contributed by atoms with Crippen molar-refractivity contribution in [2.75, 3.05) is 0 Å². The third-order valence-electron chi connectivity index (χ3n) is 4.20. The predicted molar refractivity (Wildman–Crippen MR) is 103 cm³/mol. The third kappa shape index (κ3) is 5.21. The molecule has 0 bridgehead atoms. The van der Waals surface area contributed by atoms with E-state index in [0.717, 1.165) is 11.1 Å².